The monoisotopic (exact) mass is 633 g/mol. The van der Waals surface area contributed by atoms with Gasteiger partial charge in [-0.25, -0.2) is 0 Å². The lowest BCUT2D eigenvalue weighted by Gasteiger charge is -2.29. The maximum absolute atomic E-state index is 14.0. The molecule has 2 atom stereocenters. The van der Waals surface area contributed by atoms with Crippen LogP contribution in [0.15, 0.2) is 60.7 Å². The van der Waals surface area contributed by atoms with Gasteiger partial charge in [0, 0.05) is 62.6 Å². The van der Waals surface area contributed by atoms with Gasteiger partial charge in [0.1, 0.15) is 0 Å². The molecule has 1 fully saturated rings. The number of aliphatic hydroxyl groups excluding tert-OH is 1. The number of hydrogen-bond donors (Lipinski definition) is 2. The molecule has 3 amide bonds. The Morgan fingerprint density at radius 1 is 1.07 bits per heavy atom. The van der Waals surface area contributed by atoms with Crippen molar-refractivity contribution in [1.29, 1.82) is 0 Å². The Balaban J connectivity index is 1.57. The molecule has 2 heterocycles. The van der Waals surface area contributed by atoms with Gasteiger partial charge in [-0.15, -0.1) is 0 Å². The van der Waals surface area contributed by atoms with E-state index in [-0.39, 0.29) is 43.8 Å². The molecule has 0 aromatic heterocycles. The van der Waals surface area contributed by atoms with Crippen molar-refractivity contribution >= 4 is 35.1 Å². The van der Waals surface area contributed by atoms with Crippen molar-refractivity contribution in [1.82, 2.24) is 4.90 Å². The van der Waals surface area contributed by atoms with Crippen molar-refractivity contribution in [3.05, 3.63) is 71.8 Å². The minimum Gasteiger partial charge on any atom is -0.469 e. The number of benzene rings is 2. The second kappa shape index (κ2) is 16.5. The van der Waals surface area contributed by atoms with E-state index in [1.165, 1.54) is 7.11 Å². The predicted molar refractivity (Wildman–Crippen MR) is 176 cm³/mol. The van der Waals surface area contributed by atoms with Crippen LogP contribution >= 0.6 is 0 Å². The summed E-state index contributed by atoms with van der Waals surface area (Å²) in [4.78, 5) is 56.7. The molecule has 0 radical (unpaired) electrons. The highest BCUT2D eigenvalue weighted by Gasteiger charge is 2.52. The number of carbonyl (C=O) groups is 4. The highest BCUT2D eigenvalue weighted by Crippen LogP contribution is 2.47. The first-order valence-corrected chi connectivity index (χ1v) is 16.4. The number of nitrogens with zero attached hydrogens (tertiary/aromatic N) is 3. The predicted octanol–water partition coefficient (Wildman–Crippen LogP) is 4.46. The molecule has 0 spiro atoms. The first-order valence-electron chi connectivity index (χ1n) is 16.4. The van der Waals surface area contributed by atoms with Crippen molar-refractivity contribution in [3.8, 4) is 0 Å². The van der Waals surface area contributed by atoms with E-state index in [2.05, 4.69) is 0 Å². The number of hydrogen-bond acceptors (Lipinski definition) is 7. The molecule has 2 aliphatic rings. The van der Waals surface area contributed by atoms with Crippen molar-refractivity contribution < 1.29 is 34.1 Å². The van der Waals surface area contributed by atoms with Crippen LogP contribution in [-0.2, 0) is 36.1 Å². The van der Waals surface area contributed by atoms with Crippen LogP contribution in [0, 0.1) is 5.92 Å². The average molecular weight is 634 g/mol. The summed E-state index contributed by atoms with van der Waals surface area (Å²) < 4.78 is 4.73. The summed E-state index contributed by atoms with van der Waals surface area (Å²) in [5.74, 6) is -1.66. The number of esters is 1. The van der Waals surface area contributed by atoms with E-state index in [4.69, 9.17) is 4.74 Å². The second-order valence-electron chi connectivity index (χ2n) is 12.1. The molecule has 4 rings (SSSR count). The summed E-state index contributed by atoms with van der Waals surface area (Å²) in [6.45, 7) is 3.01. The van der Waals surface area contributed by atoms with E-state index in [0.717, 1.165) is 31.2 Å². The maximum Gasteiger partial charge on any atom is 0.305 e. The Morgan fingerprint density at radius 2 is 1.83 bits per heavy atom. The zero-order chi connectivity index (χ0) is 33.1. The number of amides is 3. The third kappa shape index (κ3) is 8.22. The molecular weight excluding hydrogens is 586 g/mol. The van der Waals surface area contributed by atoms with Gasteiger partial charge in [-0.05, 0) is 49.4 Å². The molecular formula is C36H47N3O7. The van der Waals surface area contributed by atoms with E-state index in [0.29, 0.717) is 55.8 Å². The van der Waals surface area contributed by atoms with Gasteiger partial charge in [-0.1, -0.05) is 62.2 Å². The van der Waals surface area contributed by atoms with Crippen molar-refractivity contribution in [3.63, 3.8) is 0 Å². The quantitative estimate of drug-likeness (QED) is 0.179. The summed E-state index contributed by atoms with van der Waals surface area (Å²) in [5.41, 5.74) is 0.671. The van der Waals surface area contributed by atoms with Crippen LogP contribution in [-0.4, -0.2) is 72.2 Å². The summed E-state index contributed by atoms with van der Waals surface area (Å²) in [5, 5.41) is 21.8. The zero-order valence-electron chi connectivity index (χ0n) is 27.0. The number of ether oxygens (including phenoxy) is 1. The first-order chi connectivity index (χ1) is 22.2. The van der Waals surface area contributed by atoms with Crippen molar-refractivity contribution in [2.75, 3.05) is 43.2 Å². The highest BCUT2D eigenvalue weighted by molar-refractivity contribution is 6.08. The number of carbonyl (C=O) groups excluding carboxylic acids is 4. The van der Waals surface area contributed by atoms with Crippen LogP contribution in [0.5, 0.6) is 0 Å². The van der Waals surface area contributed by atoms with Gasteiger partial charge in [0.15, 0.2) is 5.60 Å². The molecule has 0 aliphatic carbocycles. The Labute approximate surface area is 271 Å². The number of fused-ring (bicyclic) bond motifs is 1. The largest absolute Gasteiger partial charge is 0.469 e. The SMILES string of the molecule is COC(=O)CCCCN1C(=O)[C@](O)([C@H](C)/C=C/CC(=O)N(CCO)Cc2ccccc2)c2cc(N3CCCCCCC3=O)ccc21. The molecule has 2 aliphatic heterocycles. The Bertz CT molecular complexity index is 1400. The number of aliphatic hydroxyl groups is 2. The topological polar surface area (TPSA) is 128 Å². The fourth-order valence-electron chi connectivity index (χ4n) is 6.26. The number of unbranched alkanes of at least 4 members (excludes halogenated alkanes) is 1. The van der Waals surface area contributed by atoms with Crippen molar-refractivity contribution in [2.24, 2.45) is 5.92 Å². The van der Waals surface area contributed by atoms with E-state index in [9.17, 15) is 29.4 Å². The lowest BCUT2D eigenvalue weighted by atomic mass is 9.82. The fraction of sp³-hybridized carbons (Fsp3) is 0.500. The van der Waals surface area contributed by atoms with Gasteiger partial charge in [-0.2, -0.15) is 0 Å². The standard InChI is InChI=1S/C36H47N3O7/c1-27(13-12-17-32(41)37(23-24-40)26-28-14-6-5-7-15-28)36(45)30-25-29(38-21-10-4-3-8-16-33(38)42)19-20-31(30)39(35(36)44)22-11-9-18-34(43)46-2/h5-7,12-15,19-20,25,27,40,45H,3-4,8-11,16-18,21-24,26H2,1-2H3/b13-12+/t27-,36+/m1/s1. The Morgan fingerprint density at radius 3 is 2.57 bits per heavy atom. The minimum atomic E-state index is -1.92. The van der Waals surface area contributed by atoms with Crippen LogP contribution in [0.3, 0.4) is 0 Å². The van der Waals surface area contributed by atoms with Crippen LogP contribution < -0.4 is 9.80 Å². The minimum absolute atomic E-state index is 0.0292. The first kappa shape index (κ1) is 34.8. The average Bonchev–Trinajstić information content (AvgIpc) is 3.27. The van der Waals surface area contributed by atoms with Crippen LogP contribution in [0.25, 0.3) is 0 Å². The summed E-state index contributed by atoms with van der Waals surface area (Å²) >= 11 is 0. The lowest BCUT2D eigenvalue weighted by molar-refractivity contribution is -0.140. The van der Waals surface area contributed by atoms with E-state index in [1.54, 1.807) is 45.9 Å². The molecule has 0 bridgehead atoms. The highest BCUT2D eigenvalue weighted by atomic mass is 16.5. The van der Waals surface area contributed by atoms with Crippen LogP contribution in [0.4, 0.5) is 11.4 Å². The third-order valence-corrected chi connectivity index (χ3v) is 8.94. The molecule has 2 aromatic rings. The second-order valence-corrected chi connectivity index (χ2v) is 12.1. The molecule has 10 heteroatoms. The summed E-state index contributed by atoms with van der Waals surface area (Å²) in [6, 6.07) is 14.9. The normalized spacial score (nSPS) is 19.1. The molecule has 0 saturated carbocycles. The van der Waals surface area contributed by atoms with Gasteiger partial charge in [0.2, 0.25) is 11.8 Å². The molecule has 1 saturated heterocycles. The summed E-state index contributed by atoms with van der Waals surface area (Å²) in [6.07, 6.45) is 8.91. The molecule has 46 heavy (non-hydrogen) atoms. The molecule has 10 nitrogen and oxygen atoms in total. The van der Waals surface area contributed by atoms with E-state index < -0.39 is 17.4 Å². The molecule has 2 aromatic carbocycles. The van der Waals surface area contributed by atoms with Gasteiger partial charge in [0.25, 0.3) is 5.91 Å². The van der Waals surface area contributed by atoms with Gasteiger partial charge >= 0.3 is 5.97 Å². The molecule has 2 N–H and O–H groups in total. The zero-order valence-corrected chi connectivity index (χ0v) is 27.0. The smallest absolute Gasteiger partial charge is 0.305 e. The molecule has 0 unspecified atom stereocenters. The number of anilines is 2. The summed E-state index contributed by atoms with van der Waals surface area (Å²) in [7, 11) is 1.34. The van der Waals surface area contributed by atoms with Gasteiger partial charge in [-0.3, -0.25) is 19.2 Å². The van der Waals surface area contributed by atoms with E-state index in [1.807, 2.05) is 36.4 Å². The Kier molecular flexibility index (Phi) is 12.5. The van der Waals surface area contributed by atoms with Crippen molar-refractivity contribution in [2.45, 2.75) is 76.9 Å². The maximum atomic E-state index is 14.0. The van der Waals surface area contributed by atoms with Gasteiger partial charge < -0.3 is 29.6 Å². The number of methoxy groups -OCH3 is 1. The van der Waals surface area contributed by atoms with Crippen LogP contribution in [0.1, 0.15) is 75.8 Å². The third-order valence-electron chi connectivity index (χ3n) is 8.94. The van der Waals surface area contributed by atoms with Gasteiger partial charge in [0.05, 0.1) is 19.4 Å². The molecule has 248 valence electrons. The van der Waals surface area contributed by atoms with Crippen LogP contribution in [0.2, 0.25) is 0 Å². The Hall–Kier alpha value is -4.02. The van der Waals surface area contributed by atoms with E-state index >= 15 is 0 Å². The number of rotatable bonds is 14. The fourth-order valence-corrected chi connectivity index (χ4v) is 6.26. The lowest BCUT2D eigenvalue weighted by Crippen LogP contribution is -2.44.